The molecule has 1 rings (SSSR count). The summed E-state index contributed by atoms with van der Waals surface area (Å²) in [5, 5.41) is 11.1. The minimum Gasteiger partial charge on any atom is -0.480 e. The predicted octanol–water partition coefficient (Wildman–Crippen LogP) is 2.47. The fourth-order valence-electron chi connectivity index (χ4n) is 1.72. The van der Waals surface area contributed by atoms with Crippen LogP contribution in [0.25, 0.3) is 0 Å². The largest absolute Gasteiger partial charge is 0.480 e. The van der Waals surface area contributed by atoms with Crippen molar-refractivity contribution in [2.45, 2.75) is 12.5 Å². The molecule has 0 saturated carbocycles. The molecule has 0 aromatic heterocycles. The Kier molecular flexibility index (Phi) is 8.60. The Labute approximate surface area is 158 Å². The summed E-state index contributed by atoms with van der Waals surface area (Å²) in [4.78, 5) is 46.3. The Morgan fingerprint density at radius 2 is 1.81 bits per heavy atom. The lowest BCUT2D eigenvalue weighted by Crippen LogP contribution is -2.43. The van der Waals surface area contributed by atoms with Gasteiger partial charge in [-0.15, -0.1) is 0 Å². The molecule has 2 N–H and O–H groups in total. The van der Waals surface area contributed by atoms with Crippen molar-refractivity contribution in [3.05, 3.63) is 46.5 Å². The van der Waals surface area contributed by atoms with Gasteiger partial charge in [0.05, 0.1) is 15.6 Å². The summed E-state index contributed by atoms with van der Waals surface area (Å²) < 4.78 is 9.37. The molecule has 0 saturated heterocycles. The maximum atomic E-state index is 11.9. The van der Waals surface area contributed by atoms with Crippen LogP contribution in [0.5, 0.6) is 0 Å². The van der Waals surface area contributed by atoms with Crippen molar-refractivity contribution < 1.29 is 33.8 Å². The van der Waals surface area contributed by atoms with Gasteiger partial charge in [0.1, 0.15) is 19.3 Å². The zero-order chi connectivity index (χ0) is 19.7. The molecule has 1 atom stereocenters. The number of halogens is 2. The second kappa shape index (κ2) is 10.4. The second-order valence-electron chi connectivity index (χ2n) is 4.84. The molecule has 0 aliphatic rings. The van der Waals surface area contributed by atoms with Gasteiger partial charge in [0.15, 0.2) is 5.78 Å². The van der Waals surface area contributed by atoms with E-state index in [9.17, 15) is 19.2 Å². The van der Waals surface area contributed by atoms with Crippen LogP contribution in [0.15, 0.2) is 30.9 Å². The molecule has 8 nitrogen and oxygen atoms in total. The number of rotatable bonds is 9. The highest BCUT2D eigenvalue weighted by Crippen LogP contribution is 2.24. The van der Waals surface area contributed by atoms with E-state index in [2.05, 4.69) is 11.3 Å². The van der Waals surface area contributed by atoms with E-state index in [0.29, 0.717) is 0 Å². The molecule has 1 aromatic carbocycles. The number of hydrogen-bond acceptors (Lipinski definition) is 6. The van der Waals surface area contributed by atoms with Crippen molar-refractivity contribution in [1.82, 2.24) is 5.32 Å². The summed E-state index contributed by atoms with van der Waals surface area (Å²) >= 11 is 11.7. The zero-order valence-corrected chi connectivity index (χ0v) is 14.9. The van der Waals surface area contributed by atoms with Crippen LogP contribution in [0, 0.1) is 0 Å². The summed E-state index contributed by atoms with van der Waals surface area (Å²) in [7, 11) is 0. The Morgan fingerprint density at radius 1 is 1.19 bits per heavy atom. The van der Waals surface area contributed by atoms with Crippen LogP contribution >= 0.6 is 23.2 Å². The van der Waals surface area contributed by atoms with Crippen molar-refractivity contribution in [2.75, 3.05) is 13.2 Å². The Hall–Kier alpha value is -2.58. The van der Waals surface area contributed by atoms with Gasteiger partial charge in [-0.2, -0.15) is 0 Å². The van der Waals surface area contributed by atoms with Gasteiger partial charge in [-0.1, -0.05) is 41.9 Å². The standard InChI is InChI=1S/C16H15Cl2NO7/c1-2-6-25-16(24)19-12(14(21)22)7-9(20)8-26-15(23)13-10(17)4-3-5-11(13)18/h2-5,12H,1,6-8H2,(H,19,24)(H,21,22). The molecule has 1 amide bonds. The average Bonchev–Trinajstić information content (AvgIpc) is 2.57. The molecule has 0 bridgehead atoms. The number of esters is 1. The van der Waals surface area contributed by atoms with E-state index in [1.807, 2.05) is 5.32 Å². The molecule has 0 aliphatic heterocycles. The van der Waals surface area contributed by atoms with Crippen molar-refractivity contribution in [2.24, 2.45) is 0 Å². The summed E-state index contributed by atoms with van der Waals surface area (Å²) in [6.45, 7) is 2.49. The number of ether oxygens (including phenoxy) is 2. The van der Waals surface area contributed by atoms with Gasteiger partial charge in [-0.05, 0) is 12.1 Å². The van der Waals surface area contributed by atoms with Gasteiger partial charge in [-0.3, -0.25) is 4.79 Å². The third-order valence-corrected chi connectivity index (χ3v) is 3.52. The third kappa shape index (κ3) is 6.73. The number of carboxylic acids is 1. The van der Waals surface area contributed by atoms with Crippen LogP contribution < -0.4 is 5.32 Å². The van der Waals surface area contributed by atoms with Crippen LogP contribution in [-0.4, -0.2) is 48.2 Å². The monoisotopic (exact) mass is 403 g/mol. The third-order valence-electron chi connectivity index (χ3n) is 2.89. The van der Waals surface area contributed by atoms with Gasteiger partial charge in [0.2, 0.25) is 0 Å². The number of amides is 1. The highest BCUT2D eigenvalue weighted by Gasteiger charge is 2.25. The molecule has 1 unspecified atom stereocenters. The van der Waals surface area contributed by atoms with E-state index in [0.717, 1.165) is 0 Å². The Bertz CT molecular complexity index is 700. The quantitative estimate of drug-likeness (QED) is 0.479. The number of Topliss-reactive ketones (excluding diaryl/α,β-unsaturated/α-hetero) is 1. The first-order valence-corrected chi connectivity index (χ1v) is 7.91. The lowest BCUT2D eigenvalue weighted by molar-refractivity contribution is -0.141. The van der Waals surface area contributed by atoms with E-state index >= 15 is 0 Å². The summed E-state index contributed by atoms with van der Waals surface area (Å²) in [5.74, 6) is -3.12. The van der Waals surface area contributed by atoms with Crippen molar-refractivity contribution in [1.29, 1.82) is 0 Å². The molecular formula is C16H15Cl2NO7. The van der Waals surface area contributed by atoms with Crippen LogP contribution in [0.1, 0.15) is 16.8 Å². The van der Waals surface area contributed by atoms with Gasteiger partial charge < -0.3 is 19.9 Å². The molecule has 0 radical (unpaired) electrons. The van der Waals surface area contributed by atoms with Gasteiger partial charge in [0, 0.05) is 6.42 Å². The smallest absolute Gasteiger partial charge is 0.408 e. The van der Waals surface area contributed by atoms with E-state index in [-0.39, 0.29) is 22.2 Å². The molecule has 10 heteroatoms. The lowest BCUT2D eigenvalue weighted by Gasteiger charge is -2.13. The van der Waals surface area contributed by atoms with Gasteiger partial charge in [-0.25, -0.2) is 14.4 Å². The number of aliphatic carboxylic acids is 1. The first-order valence-electron chi connectivity index (χ1n) is 7.16. The molecule has 26 heavy (non-hydrogen) atoms. The number of ketones is 1. The fraction of sp³-hybridized carbons (Fsp3) is 0.250. The lowest BCUT2D eigenvalue weighted by atomic mass is 10.1. The summed E-state index contributed by atoms with van der Waals surface area (Å²) in [5.41, 5.74) is -0.107. The highest BCUT2D eigenvalue weighted by molar-refractivity contribution is 6.39. The number of carboxylic acid groups (broad SMARTS) is 1. The van der Waals surface area contributed by atoms with Gasteiger partial charge >= 0.3 is 18.0 Å². The Morgan fingerprint density at radius 3 is 2.35 bits per heavy atom. The normalized spacial score (nSPS) is 11.2. The molecule has 0 aliphatic carbocycles. The van der Waals surface area contributed by atoms with E-state index in [4.69, 9.17) is 33.0 Å². The molecule has 0 heterocycles. The van der Waals surface area contributed by atoms with Crippen LogP contribution in [0.3, 0.4) is 0 Å². The molecule has 0 fully saturated rings. The number of carbonyl (C=O) groups is 4. The van der Waals surface area contributed by atoms with E-state index in [1.54, 1.807) is 0 Å². The Balaban J connectivity index is 2.60. The summed E-state index contributed by atoms with van der Waals surface area (Å²) in [6.07, 6.45) is -0.341. The topological polar surface area (TPSA) is 119 Å². The molecular weight excluding hydrogens is 389 g/mol. The van der Waals surface area contributed by atoms with Crippen LogP contribution in [-0.2, 0) is 19.1 Å². The summed E-state index contributed by atoms with van der Waals surface area (Å²) in [6, 6.07) is 2.83. The average molecular weight is 404 g/mol. The van der Waals surface area contributed by atoms with Crippen molar-refractivity contribution in [3.63, 3.8) is 0 Å². The van der Waals surface area contributed by atoms with E-state index in [1.165, 1.54) is 24.3 Å². The number of nitrogens with one attached hydrogen (secondary N) is 1. The van der Waals surface area contributed by atoms with Crippen molar-refractivity contribution in [3.8, 4) is 0 Å². The number of benzene rings is 1. The molecule has 1 aromatic rings. The highest BCUT2D eigenvalue weighted by atomic mass is 35.5. The predicted molar refractivity (Wildman–Crippen MR) is 92.5 cm³/mol. The first-order chi connectivity index (χ1) is 12.3. The minimum atomic E-state index is -1.54. The maximum Gasteiger partial charge on any atom is 0.408 e. The zero-order valence-electron chi connectivity index (χ0n) is 13.4. The van der Waals surface area contributed by atoms with Crippen molar-refractivity contribution >= 4 is 47.0 Å². The maximum absolute atomic E-state index is 11.9. The fourth-order valence-corrected chi connectivity index (χ4v) is 2.27. The first kappa shape index (κ1) is 21.5. The van der Waals surface area contributed by atoms with Gasteiger partial charge in [0.25, 0.3) is 0 Å². The minimum absolute atomic E-state index is 0.0463. The van der Waals surface area contributed by atoms with Crippen LogP contribution in [0.2, 0.25) is 10.0 Å². The van der Waals surface area contributed by atoms with Crippen LogP contribution in [0.4, 0.5) is 4.79 Å². The number of carbonyl (C=O) groups excluding carboxylic acids is 3. The SMILES string of the molecule is C=CCOC(=O)NC(CC(=O)COC(=O)c1c(Cl)cccc1Cl)C(=O)O. The number of hydrogen-bond donors (Lipinski definition) is 2. The number of alkyl carbamates (subject to hydrolysis) is 1. The molecule has 140 valence electrons. The molecule has 0 spiro atoms. The second-order valence-corrected chi connectivity index (χ2v) is 5.65. The van der Waals surface area contributed by atoms with E-state index < -0.39 is 42.9 Å².